The molecule has 0 spiro atoms. The van der Waals surface area contributed by atoms with Gasteiger partial charge in [-0.25, -0.2) is 9.59 Å². The maximum absolute atomic E-state index is 11.5. The second kappa shape index (κ2) is 4.22. The first kappa shape index (κ1) is 10.5. The minimum Gasteiger partial charge on any atom is -0.430 e. The summed E-state index contributed by atoms with van der Waals surface area (Å²) in [6.45, 7) is 1.79. The van der Waals surface area contributed by atoms with Gasteiger partial charge in [0.2, 0.25) is 6.10 Å². The molecule has 5 heteroatoms. The Morgan fingerprint density at radius 3 is 2.94 bits per heavy atom. The molecule has 1 aromatic carbocycles. The molecule has 1 atom stereocenters. The molecule has 1 saturated heterocycles. The van der Waals surface area contributed by atoms with Crippen LogP contribution in [0.25, 0.3) is 0 Å². The Hall–Kier alpha value is -2.04. The van der Waals surface area contributed by atoms with E-state index in [1.54, 1.807) is 18.2 Å². The van der Waals surface area contributed by atoms with Gasteiger partial charge in [-0.3, -0.25) is 0 Å². The van der Waals surface area contributed by atoms with Crippen molar-refractivity contribution in [3.63, 3.8) is 0 Å². The van der Waals surface area contributed by atoms with Gasteiger partial charge in [-0.15, -0.1) is 0 Å². The number of carbonyl (C=O) groups excluding carboxylic acids is 2. The van der Waals surface area contributed by atoms with Crippen molar-refractivity contribution in [3.05, 3.63) is 29.8 Å². The summed E-state index contributed by atoms with van der Waals surface area (Å²) in [6.07, 6.45) is -1.81. The van der Waals surface area contributed by atoms with Crippen molar-refractivity contribution < 1.29 is 23.8 Å². The number of carbonyl (C=O) groups is 2. The van der Waals surface area contributed by atoms with E-state index < -0.39 is 18.2 Å². The quantitative estimate of drug-likeness (QED) is 0.559. The smallest absolute Gasteiger partial charge is 0.430 e. The lowest BCUT2D eigenvalue weighted by Crippen LogP contribution is -2.27. The van der Waals surface area contributed by atoms with Crippen molar-refractivity contribution in [2.75, 3.05) is 6.61 Å². The van der Waals surface area contributed by atoms with E-state index in [0.717, 1.165) is 5.56 Å². The summed E-state index contributed by atoms with van der Waals surface area (Å²) in [5, 5.41) is 0. The first-order valence-electron chi connectivity index (χ1n) is 4.77. The first-order chi connectivity index (χ1) is 7.65. The van der Waals surface area contributed by atoms with Gasteiger partial charge in [0.1, 0.15) is 12.4 Å². The summed E-state index contributed by atoms with van der Waals surface area (Å²) in [5.74, 6) is -0.204. The van der Waals surface area contributed by atoms with Gasteiger partial charge in [0, 0.05) is 0 Å². The SMILES string of the molecule is Cc1cccc(OC(=O)C2COC(=O)O2)c1. The van der Waals surface area contributed by atoms with Gasteiger partial charge in [0.25, 0.3) is 0 Å². The van der Waals surface area contributed by atoms with E-state index in [1.807, 2.05) is 13.0 Å². The predicted molar refractivity (Wildman–Crippen MR) is 53.0 cm³/mol. The highest BCUT2D eigenvalue weighted by molar-refractivity contribution is 5.81. The molecule has 1 aliphatic rings. The van der Waals surface area contributed by atoms with E-state index in [1.165, 1.54) is 0 Å². The summed E-state index contributed by atoms with van der Waals surface area (Å²) in [7, 11) is 0. The molecule has 0 amide bonds. The van der Waals surface area contributed by atoms with Crippen LogP contribution in [0.4, 0.5) is 4.79 Å². The van der Waals surface area contributed by atoms with Crippen molar-refractivity contribution in [3.8, 4) is 5.75 Å². The highest BCUT2D eigenvalue weighted by Crippen LogP contribution is 2.15. The summed E-state index contributed by atoms with van der Waals surface area (Å²) >= 11 is 0. The Morgan fingerprint density at radius 1 is 1.50 bits per heavy atom. The van der Waals surface area contributed by atoms with Crippen LogP contribution in [0, 0.1) is 6.92 Å². The standard InChI is InChI=1S/C11H10O5/c1-7-3-2-4-8(5-7)15-10(12)9-6-14-11(13)16-9/h2-5,9H,6H2,1H3. The first-order valence-corrected chi connectivity index (χ1v) is 4.77. The molecule has 0 aromatic heterocycles. The molecule has 1 aromatic rings. The minimum atomic E-state index is -0.965. The Morgan fingerprint density at radius 2 is 2.31 bits per heavy atom. The fraction of sp³-hybridized carbons (Fsp3) is 0.273. The number of cyclic esters (lactones) is 2. The zero-order valence-corrected chi connectivity index (χ0v) is 8.64. The van der Waals surface area contributed by atoms with Crippen molar-refractivity contribution in [2.24, 2.45) is 0 Å². The number of hydrogen-bond acceptors (Lipinski definition) is 5. The third-order valence-corrected chi connectivity index (χ3v) is 2.06. The van der Waals surface area contributed by atoms with Crippen LogP contribution in [0.3, 0.4) is 0 Å². The van der Waals surface area contributed by atoms with Crippen LogP contribution in [-0.2, 0) is 14.3 Å². The summed E-state index contributed by atoms with van der Waals surface area (Å²) in [5.41, 5.74) is 0.977. The van der Waals surface area contributed by atoms with E-state index in [4.69, 9.17) is 4.74 Å². The molecule has 16 heavy (non-hydrogen) atoms. The van der Waals surface area contributed by atoms with Gasteiger partial charge in [-0.2, -0.15) is 0 Å². The Bertz CT molecular complexity index is 426. The monoisotopic (exact) mass is 222 g/mol. The molecule has 1 aliphatic heterocycles. The van der Waals surface area contributed by atoms with Crippen molar-refractivity contribution >= 4 is 12.1 Å². The van der Waals surface area contributed by atoms with Crippen LogP contribution in [0.5, 0.6) is 5.75 Å². The van der Waals surface area contributed by atoms with Gasteiger partial charge < -0.3 is 14.2 Å². The normalized spacial score (nSPS) is 18.8. The molecular weight excluding hydrogens is 212 g/mol. The molecule has 0 radical (unpaired) electrons. The zero-order chi connectivity index (χ0) is 11.5. The summed E-state index contributed by atoms with van der Waals surface area (Å²) in [6, 6.07) is 7.03. The molecule has 1 heterocycles. The average Bonchev–Trinajstić information content (AvgIpc) is 2.65. The second-order valence-corrected chi connectivity index (χ2v) is 3.41. The number of ether oxygens (including phenoxy) is 3. The average molecular weight is 222 g/mol. The molecule has 0 bridgehead atoms. The van der Waals surface area contributed by atoms with Crippen LogP contribution in [0.15, 0.2) is 24.3 Å². The van der Waals surface area contributed by atoms with Crippen LogP contribution in [-0.4, -0.2) is 24.8 Å². The third kappa shape index (κ3) is 2.31. The molecule has 0 saturated carbocycles. The van der Waals surface area contributed by atoms with Gasteiger partial charge in [0.05, 0.1) is 0 Å². The third-order valence-electron chi connectivity index (χ3n) is 2.06. The van der Waals surface area contributed by atoms with Crippen molar-refractivity contribution in [1.82, 2.24) is 0 Å². The minimum absolute atomic E-state index is 0.0938. The van der Waals surface area contributed by atoms with E-state index in [2.05, 4.69) is 9.47 Å². The zero-order valence-electron chi connectivity index (χ0n) is 8.64. The fourth-order valence-corrected chi connectivity index (χ4v) is 1.30. The molecule has 1 fully saturated rings. The summed E-state index contributed by atoms with van der Waals surface area (Å²) < 4.78 is 14.1. The van der Waals surface area contributed by atoms with Gasteiger partial charge in [-0.1, -0.05) is 12.1 Å². The van der Waals surface area contributed by atoms with E-state index in [0.29, 0.717) is 5.75 Å². The van der Waals surface area contributed by atoms with Crippen LogP contribution >= 0.6 is 0 Å². The number of esters is 1. The molecule has 0 N–H and O–H groups in total. The largest absolute Gasteiger partial charge is 0.509 e. The molecule has 5 nitrogen and oxygen atoms in total. The Labute approximate surface area is 91.9 Å². The maximum Gasteiger partial charge on any atom is 0.509 e. The van der Waals surface area contributed by atoms with Gasteiger partial charge in [0.15, 0.2) is 0 Å². The van der Waals surface area contributed by atoms with Crippen LogP contribution in [0.1, 0.15) is 5.56 Å². The van der Waals surface area contributed by atoms with Crippen LogP contribution in [0.2, 0.25) is 0 Å². The number of rotatable bonds is 2. The van der Waals surface area contributed by atoms with Gasteiger partial charge in [-0.05, 0) is 24.6 Å². The van der Waals surface area contributed by atoms with E-state index >= 15 is 0 Å². The fourth-order valence-electron chi connectivity index (χ4n) is 1.30. The van der Waals surface area contributed by atoms with Crippen LogP contribution < -0.4 is 4.74 Å². The molecule has 2 rings (SSSR count). The maximum atomic E-state index is 11.5. The topological polar surface area (TPSA) is 61.8 Å². The van der Waals surface area contributed by atoms with Crippen molar-refractivity contribution in [2.45, 2.75) is 13.0 Å². The lowest BCUT2D eigenvalue weighted by Gasteiger charge is -2.07. The molecule has 0 aliphatic carbocycles. The lowest BCUT2D eigenvalue weighted by molar-refractivity contribution is -0.142. The highest BCUT2D eigenvalue weighted by Gasteiger charge is 2.33. The molecular formula is C11H10O5. The molecule has 84 valence electrons. The number of benzene rings is 1. The predicted octanol–water partition coefficient (Wildman–Crippen LogP) is 1.44. The second-order valence-electron chi connectivity index (χ2n) is 3.41. The molecule has 1 unspecified atom stereocenters. The van der Waals surface area contributed by atoms with Crippen molar-refractivity contribution in [1.29, 1.82) is 0 Å². The van der Waals surface area contributed by atoms with E-state index in [9.17, 15) is 9.59 Å². The number of aryl methyl sites for hydroxylation is 1. The number of hydrogen-bond donors (Lipinski definition) is 0. The Balaban J connectivity index is 1.99. The Kier molecular flexibility index (Phi) is 2.76. The summed E-state index contributed by atoms with van der Waals surface area (Å²) in [4.78, 5) is 22.1. The van der Waals surface area contributed by atoms with E-state index in [-0.39, 0.29) is 6.61 Å². The lowest BCUT2D eigenvalue weighted by atomic mass is 10.2. The highest BCUT2D eigenvalue weighted by atomic mass is 16.8. The van der Waals surface area contributed by atoms with Gasteiger partial charge >= 0.3 is 12.1 Å².